The van der Waals surface area contributed by atoms with Crippen LogP contribution in [0.3, 0.4) is 0 Å². The minimum Gasteiger partial charge on any atom is -0.340 e. The van der Waals surface area contributed by atoms with E-state index in [9.17, 15) is 22.8 Å². The molecule has 3 aromatic heterocycles. The number of carbonyl (C=O) groups excluding carboxylic acids is 2. The number of nitrogens with two attached hydrogens (primary N) is 1. The predicted octanol–water partition coefficient (Wildman–Crippen LogP) is 2.78. The monoisotopic (exact) mass is 559 g/mol. The third kappa shape index (κ3) is 4.25. The number of nitrogens with one attached hydrogen (secondary N) is 2. The summed E-state index contributed by atoms with van der Waals surface area (Å²) in [6.45, 7) is 2.24. The van der Waals surface area contributed by atoms with E-state index in [0.29, 0.717) is 37.4 Å². The predicted molar refractivity (Wildman–Crippen MR) is 134 cm³/mol. The van der Waals surface area contributed by atoms with Crippen molar-refractivity contribution in [2.75, 3.05) is 38.0 Å². The number of hydrogen-bond donors (Lipinski definition) is 3. The van der Waals surface area contributed by atoms with Crippen molar-refractivity contribution in [2.24, 2.45) is 11.1 Å². The Morgan fingerprint density at radius 3 is 2.59 bits per heavy atom. The molecule has 2 saturated heterocycles. The number of amides is 2. The van der Waals surface area contributed by atoms with Gasteiger partial charge in [0.15, 0.2) is 17.2 Å². The maximum Gasteiger partial charge on any atom is 0.435 e. The number of hydrogen-bond acceptors (Lipinski definition) is 7. The Hall–Kier alpha value is -4.17. The van der Waals surface area contributed by atoms with Gasteiger partial charge in [-0.1, -0.05) is 11.6 Å². The van der Waals surface area contributed by atoms with Crippen molar-refractivity contribution in [1.82, 2.24) is 34.4 Å². The number of H-pyrrole nitrogens is 1. The lowest BCUT2D eigenvalue weighted by molar-refractivity contribution is -0.153. The van der Waals surface area contributed by atoms with E-state index < -0.39 is 11.9 Å². The Morgan fingerprint density at radius 2 is 1.90 bits per heavy atom. The number of fused-ring (bicyclic) bond motifs is 1. The third-order valence-corrected chi connectivity index (χ3v) is 7.31. The molecule has 0 atom stereocenters. The molecule has 2 fully saturated rings. The minimum absolute atomic E-state index is 0.0239. The van der Waals surface area contributed by atoms with Crippen LogP contribution in [-0.4, -0.2) is 78.9 Å². The second-order valence-corrected chi connectivity index (χ2v) is 10.1. The summed E-state index contributed by atoms with van der Waals surface area (Å²) in [5, 5.41) is 8.89. The molecule has 15 heteroatoms. The first kappa shape index (κ1) is 25.1. The summed E-state index contributed by atoms with van der Waals surface area (Å²) in [5.74, 6) is -0.0255. The van der Waals surface area contributed by atoms with Crippen LogP contribution in [0.15, 0.2) is 43.0 Å². The zero-order valence-electron chi connectivity index (χ0n) is 20.2. The Labute approximate surface area is 223 Å². The summed E-state index contributed by atoms with van der Waals surface area (Å²) in [6, 6.07) is 4.83. The Kier molecular flexibility index (Phi) is 5.77. The number of halogens is 4. The van der Waals surface area contributed by atoms with E-state index in [-0.39, 0.29) is 51.5 Å². The van der Waals surface area contributed by atoms with Crippen molar-refractivity contribution >= 4 is 40.6 Å². The molecule has 1 spiro atoms. The summed E-state index contributed by atoms with van der Waals surface area (Å²) < 4.78 is 41.6. The Morgan fingerprint density at radius 1 is 1.15 bits per heavy atom. The van der Waals surface area contributed by atoms with Crippen molar-refractivity contribution in [3.63, 3.8) is 0 Å². The molecule has 11 nitrogen and oxygen atoms in total. The summed E-state index contributed by atoms with van der Waals surface area (Å²) in [6.07, 6.45) is 0.759. The smallest absolute Gasteiger partial charge is 0.340 e. The average molecular weight is 560 g/mol. The van der Waals surface area contributed by atoms with Gasteiger partial charge < -0.3 is 20.9 Å². The number of aromatic nitrogens is 5. The van der Waals surface area contributed by atoms with Crippen molar-refractivity contribution in [3.8, 4) is 11.3 Å². The lowest BCUT2D eigenvalue weighted by Gasteiger charge is -2.60. The first-order chi connectivity index (χ1) is 18.6. The SMILES string of the molecule is NCC(=O)N1CC2(C1)CN(C(=O)c1ccc(Nc3nccn4c(-c5c[nH]nc5C(F)(F)F)cnc34)cc1Cl)C2. The van der Waals surface area contributed by atoms with E-state index in [2.05, 4.69) is 25.5 Å². The molecule has 0 unspecified atom stereocenters. The standard InChI is InChI=1S/C24H21ClF3N9O2/c25-16-5-13(1-2-14(16)22(39)36-11-23(12-36)9-35(10-23)18(38)6-29)33-20-21-31-8-17(37(21)4-3-30-20)15-7-32-34-19(15)24(26,27)28/h1-5,7-8H,6,9-12,29H2,(H,30,33)(H,32,34). The zero-order valence-corrected chi connectivity index (χ0v) is 20.9. The quantitative estimate of drug-likeness (QED) is 0.342. The van der Waals surface area contributed by atoms with Crippen LogP contribution in [-0.2, 0) is 11.0 Å². The van der Waals surface area contributed by atoms with E-state index in [1.165, 1.54) is 23.0 Å². The third-order valence-electron chi connectivity index (χ3n) is 6.99. The van der Waals surface area contributed by atoms with E-state index in [0.717, 1.165) is 6.20 Å². The summed E-state index contributed by atoms with van der Waals surface area (Å²) in [7, 11) is 0. The number of aromatic amines is 1. The van der Waals surface area contributed by atoms with Crippen LogP contribution in [0, 0.1) is 5.41 Å². The first-order valence-electron chi connectivity index (χ1n) is 11.9. The van der Waals surface area contributed by atoms with E-state index in [1.807, 2.05) is 0 Å². The van der Waals surface area contributed by atoms with Gasteiger partial charge in [0.05, 0.1) is 34.6 Å². The molecule has 0 radical (unpaired) electrons. The van der Waals surface area contributed by atoms with Crippen LogP contribution in [0.4, 0.5) is 24.7 Å². The lowest BCUT2D eigenvalue weighted by atomic mass is 9.72. The normalized spacial score (nSPS) is 16.3. The number of carbonyl (C=O) groups is 2. The highest BCUT2D eigenvalue weighted by atomic mass is 35.5. The molecule has 5 heterocycles. The van der Waals surface area contributed by atoms with Crippen LogP contribution < -0.4 is 11.1 Å². The van der Waals surface area contributed by atoms with Crippen LogP contribution in [0.5, 0.6) is 0 Å². The number of rotatable bonds is 5. The van der Waals surface area contributed by atoms with Gasteiger partial charge in [0.2, 0.25) is 5.91 Å². The van der Waals surface area contributed by atoms with E-state index >= 15 is 0 Å². The van der Waals surface area contributed by atoms with Crippen molar-refractivity contribution < 1.29 is 22.8 Å². The molecular formula is C24H21ClF3N9O2. The summed E-state index contributed by atoms with van der Waals surface area (Å²) >= 11 is 6.46. The van der Waals surface area contributed by atoms with Gasteiger partial charge in [0.25, 0.3) is 5.91 Å². The number of alkyl halides is 3. The fraction of sp³-hybridized carbons (Fsp3) is 0.292. The summed E-state index contributed by atoms with van der Waals surface area (Å²) in [5.41, 5.74) is 5.45. The van der Waals surface area contributed by atoms with Crippen LogP contribution in [0.1, 0.15) is 16.1 Å². The number of anilines is 2. The summed E-state index contributed by atoms with van der Waals surface area (Å²) in [4.78, 5) is 36.6. The largest absolute Gasteiger partial charge is 0.435 e. The van der Waals surface area contributed by atoms with Gasteiger partial charge in [0, 0.05) is 55.9 Å². The molecule has 39 heavy (non-hydrogen) atoms. The highest BCUT2D eigenvalue weighted by Crippen LogP contribution is 2.41. The fourth-order valence-corrected chi connectivity index (χ4v) is 5.42. The highest BCUT2D eigenvalue weighted by Gasteiger charge is 2.54. The maximum absolute atomic E-state index is 13.4. The minimum atomic E-state index is -4.64. The molecule has 2 aliphatic heterocycles. The molecule has 0 saturated carbocycles. The number of likely N-dealkylation sites (tertiary alicyclic amines) is 2. The van der Waals surface area contributed by atoms with Crippen LogP contribution in [0.2, 0.25) is 5.02 Å². The second kappa shape index (κ2) is 8.95. The molecule has 4 aromatic rings. The molecule has 4 N–H and O–H groups in total. The zero-order chi connectivity index (χ0) is 27.5. The Bertz CT molecular complexity index is 1600. The van der Waals surface area contributed by atoms with Gasteiger partial charge in [0.1, 0.15) is 0 Å². The second-order valence-electron chi connectivity index (χ2n) is 9.69. The molecular weight excluding hydrogens is 539 g/mol. The number of nitrogens with zero attached hydrogens (tertiary/aromatic N) is 6. The van der Waals surface area contributed by atoms with Crippen molar-refractivity contribution in [1.29, 1.82) is 0 Å². The molecule has 202 valence electrons. The van der Waals surface area contributed by atoms with Gasteiger partial charge in [-0.2, -0.15) is 18.3 Å². The van der Waals surface area contributed by atoms with Crippen LogP contribution >= 0.6 is 11.6 Å². The van der Waals surface area contributed by atoms with E-state index in [4.69, 9.17) is 17.3 Å². The molecule has 1 aromatic carbocycles. The molecule has 2 aliphatic rings. The van der Waals surface area contributed by atoms with Gasteiger partial charge in [-0.05, 0) is 18.2 Å². The molecule has 0 bridgehead atoms. The number of benzene rings is 1. The average Bonchev–Trinajstić information content (AvgIpc) is 3.49. The molecule has 0 aliphatic carbocycles. The van der Waals surface area contributed by atoms with Gasteiger partial charge >= 0.3 is 6.18 Å². The highest BCUT2D eigenvalue weighted by molar-refractivity contribution is 6.34. The van der Waals surface area contributed by atoms with Crippen molar-refractivity contribution in [3.05, 3.63) is 59.3 Å². The first-order valence-corrected chi connectivity index (χ1v) is 12.2. The van der Waals surface area contributed by atoms with Crippen molar-refractivity contribution in [2.45, 2.75) is 6.18 Å². The molecule has 2 amide bonds. The maximum atomic E-state index is 13.4. The topological polar surface area (TPSA) is 138 Å². The Balaban J connectivity index is 1.18. The molecule has 6 rings (SSSR count). The fourth-order valence-electron chi connectivity index (χ4n) is 5.16. The van der Waals surface area contributed by atoms with Gasteiger partial charge in [-0.3, -0.25) is 19.1 Å². The van der Waals surface area contributed by atoms with Crippen LogP contribution in [0.25, 0.3) is 16.9 Å². The van der Waals surface area contributed by atoms with E-state index in [1.54, 1.807) is 28.0 Å². The van der Waals surface area contributed by atoms with Gasteiger partial charge in [-0.25, -0.2) is 9.97 Å². The lowest BCUT2D eigenvalue weighted by Crippen LogP contribution is -2.74. The number of imidazole rings is 1. The van der Waals surface area contributed by atoms with Gasteiger partial charge in [-0.15, -0.1) is 0 Å².